The molecule has 5 nitrogen and oxygen atoms in total. The predicted molar refractivity (Wildman–Crippen MR) is 102 cm³/mol. The number of hydrogen-bond donors (Lipinski definition) is 0. The van der Waals surface area contributed by atoms with Crippen LogP contribution in [0.1, 0.15) is 37.3 Å². The van der Waals surface area contributed by atoms with Crippen LogP contribution in [0.25, 0.3) is 0 Å². The second kappa shape index (κ2) is 8.12. The van der Waals surface area contributed by atoms with E-state index in [1.165, 1.54) is 12.1 Å². The molecule has 1 aliphatic heterocycles. The van der Waals surface area contributed by atoms with Crippen molar-refractivity contribution in [1.82, 2.24) is 15.1 Å². The Labute approximate surface area is 157 Å². The standard InChI is InChI=1S/C19H25FN4OS/c1-13(2)23(3)18(25)15-8-10-24(11-9-15)19-22-21-17(26-19)12-14-4-6-16(20)7-5-14/h4-7,13,15H,8-12H2,1-3H3. The first-order valence-electron chi connectivity index (χ1n) is 9.02. The smallest absolute Gasteiger partial charge is 0.225 e. The molecule has 1 amide bonds. The molecule has 0 bridgehead atoms. The number of carbonyl (C=O) groups excluding carboxylic acids is 1. The van der Waals surface area contributed by atoms with Crippen LogP contribution in [0.5, 0.6) is 0 Å². The van der Waals surface area contributed by atoms with E-state index < -0.39 is 0 Å². The number of nitrogens with zero attached hydrogens (tertiary/aromatic N) is 4. The average molecular weight is 377 g/mol. The monoisotopic (exact) mass is 376 g/mol. The first kappa shape index (κ1) is 18.8. The molecule has 1 saturated heterocycles. The van der Waals surface area contributed by atoms with Crippen molar-refractivity contribution in [2.24, 2.45) is 5.92 Å². The van der Waals surface area contributed by atoms with Crippen molar-refractivity contribution in [3.05, 3.63) is 40.7 Å². The maximum absolute atomic E-state index is 13.0. The Hall–Kier alpha value is -2.02. The maximum Gasteiger partial charge on any atom is 0.225 e. The van der Waals surface area contributed by atoms with Gasteiger partial charge in [-0.2, -0.15) is 0 Å². The fraction of sp³-hybridized carbons (Fsp3) is 0.526. The van der Waals surface area contributed by atoms with E-state index in [-0.39, 0.29) is 23.7 Å². The van der Waals surface area contributed by atoms with Crippen LogP contribution in [0.15, 0.2) is 24.3 Å². The summed E-state index contributed by atoms with van der Waals surface area (Å²) in [6.45, 7) is 5.73. The van der Waals surface area contributed by atoms with Gasteiger partial charge in [0.1, 0.15) is 10.8 Å². The van der Waals surface area contributed by atoms with Crippen LogP contribution in [0.4, 0.5) is 9.52 Å². The maximum atomic E-state index is 13.0. The van der Waals surface area contributed by atoms with Crippen molar-refractivity contribution in [3.63, 3.8) is 0 Å². The molecule has 0 atom stereocenters. The fourth-order valence-corrected chi connectivity index (χ4v) is 4.01. The second-order valence-electron chi connectivity index (χ2n) is 7.09. The molecule has 3 rings (SSSR count). The Bertz CT molecular complexity index is 738. The summed E-state index contributed by atoms with van der Waals surface area (Å²) in [5.41, 5.74) is 1.02. The SMILES string of the molecule is CC(C)N(C)C(=O)C1CCN(c2nnc(Cc3ccc(F)cc3)s2)CC1. The lowest BCUT2D eigenvalue weighted by Crippen LogP contribution is -2.43. The highest BCUT2D eigenvalue weighted by Crippen LogP contribution is 2.28. The zero-order chi connectivity index (χ0) is 18.7. The summed E-state index contributed by atoms with van der Waals surface area (Å²) in [6.07, 6.45) is 2.36. The van der Waals surface area contributed by atoms with Crippen molar-refractivity contribution in [3.8, 4) is 0 Å². The predicted octanol–water partition coefficient (Wildman–Crippen LogP) is 3.35. The van der Waals surface area contributed by atoms with Crippen molar-refractivity contribution in [2.75, 3.05) is 25.0 Å². The highest BCUT2D eigenvalue weighted by molar-refractivity contribution is 7.15. The molecule has 0 unspecified atom stereocenters. The zero-order valence-electron chi connectivity index (χ0n) is 15.5. The molecule has 1 fully saturated rings. The molecular weight excluding hydrogens is 351 g/mol. The van der Waals surface area contributed by atoms with E-state index in [0.717, 1.165) is 41.6 Å². The van der Waals surface area contributed by atoms with Gasteiger partial charge in [0.25, 0.3) is 0 Å². The zero-order valence-corrected chi connectivity index (χ0v) is 16.3. The number of carbonyl (C=O) groups is 1. The number of rotatable bonds is 5. The molecule has 26 heavy (non-hydrogen) atoms. The summed E-state index contributed by atoms with van der Waals surface area (Å²) in [6, 6.07) is 6.72. The van der Waals surface area contributed by atoms with Crippen molar-refractivity contribution < 1.29 is 9.18 Å². The number of amides is 1. The molecule has 0 saturated carbocycles. The average Bonchev–Trinajstić information content (AvgIpc) is 3.11. The summed E-state index contributed by atoms with van der Waals surface area (Å²) < 4.78 is 13.0. The highest BCUT2D eigenvalue weighted by Gasteiger charge is 2.29. The van der Waals surface area contributed by atoms with E-state index in [1.54, 1.807) is 23.5 Å². The molecule has 7 heteroatoms. The number of hydrogen-bond acceptors (Lipinski definition) is 5. The minimum atomic E-state index is -0.229. The van der Waals surface area contributed by atoms with Crippen LogP contribution in [0, 0.1) is 11.7 Å². The summed E-state index contributed by atoms with van der Waals surface area (Å²) in [4.78, 5) is 16.5. The van der Waals surface area contributed by atoms with Gasteiger partial charge in [-0.1, -0.05) is 23.5 Å². The van der Waals surface area contributed by atoms with Gasteiger partial charge in [0, 0.05) is 38.5 Å². The molecule has 0 aliphatic carbocycles. The Balaban J connectivity index is 1.56. The van der Waals surface area contributed by atoms with Gasteiger partial charge in [0.15, 0.2) is 0 Å². The lowest BCUT2D eigenvalue weighted by atomic mass is 9.95. The first-order valence-corrected chi connectivity index (χ1v) is 9.84. The van der Waals surface area contributed by atoms with Crippen LogP contribution in [-0.4, -0.2) is 47.2 Å². The number of aromatic nitrogens is 2. The fourth-order valence-electron chi connectivity index (χ4n) is 3.08. The minimum absolute atomic E-state index is 0.102. The molecular formula is C19H25FN4OS. The summed E-state index contributed by atoms with van der Waals surface area (Å²) in [7, 11) is 1.88. The van der Waals surface area contributed by atoms with Gasteiger partial charge >= 0.3 is 0 Å². The number of benzene rings is 1. The van der Waals surface area contributed by atoms with Crippen LogP contribution >= 0.6 is 11.3 Å². The molecule has 1 aromatic heterocycles. The molecule has 2 heterocycles. The summed E-state index contributed by atoms with van der Waals surface area (Å²) in [5, 5.41) is 10.4. The van der Waals surface area contributed by atoms with E-state index in [2.05, 4.69) is 15.1 Å². The highest BCUT2D eigenvalue weighted by atomic mass is 32.1. The minimum Gasteiger partial charge on any atom is -0.347 e. The van der Waals surface area contributed by atoms with Crippen LogP contribution < -0.4 is 4.90 Å². The normalized spacial score (nSPS) is 15.5. The molecule has 1 aliphatic rings. The number of piperidine rings is 1. The first-order chi connectivity index (χ1) is 12.4. The van der Waals surface area contributed by atoms with Crippen molar-refractivity contribution in [2.45, 2.75) is 39.2 Å². The molecule has 0 radical (unpaired) electrons. The quantitative estimate of drug-likeness (QED) is 0.803. The van der Waals surface area contributed by atoms with Gasteiger partial charge in [-0.05, 0) is 44.4 Å². The van der Waals surface area contributed by atoms with Gasteiger partial charge in [-0.3, -0.25) is 4.79 Å². The largest absolute Gasteiger partial charge is 0.347 e. The van der Waals surface area contributed by atoms with E-state index in [1.807, 2.05) is 25.8 Å². The van der Waals surface area contributed by atoms with Crippen LogP contribution in [-0.2, 0) is 11.2 Å². The topological polar surface area (TPSA) is 49.3 Å². The second-order valence-corrected chi connectivity index (χ2v) is 8.13. The Morgan fingerprint density at radius 3 is 2.54 bits per heavy atom. The van der Waals surface area contributed by atoms with Crippen molar-refractivity contribution >= 4 is 22.4 Å². The third-order valence-electron chi connectivity index (χ3n) is 4.96. The molecule has 0 spiro atoms. The van der Waals surface area contributed by atoms with Crippen molar-refractivity contribution in [1.29, 1.82) is 0 Å². The van der Waals surface area contributed by atoms with Gasteiger partial charge in [0.05, 0.1) is 0 Å². The third-order valence-corrected chi connectivity index (χ3v) is 5.95. The van der Waals surface area contributed by atoms with Crippen LogP contribution in [0.3, 0.4) is 0 Å². The Morgan fingerprint density at radius 2 is 1.92 bits per heavy atom. The molecule has 2 aromatic rings. The molecule has 1 aromatic carbocycles. The summed E-state index contributed by atoms with van der Waals surface area (Å²) in [5.74, 6) is 0.117. The van der Waals surface area contributed by atoms with Gasteiger partial charge in [0.2, 0.25) is 11.0 Å². The Morgan fingerprint density at radius 1 is 1.27 bits per heavy atom. The van der Waals surface area contributed by atoms with Gasteiger partial charge < -0.3 is 9.80 Å². The van der Waals surface area contributed by atoms with Gasteiger partial charge in [-0.15, -0.1) is 10.2 Å². The third kappa shape index (κ3) is 4.38. The van der Waals surface area contributed by atoms with E-state index >= 15 is 0 Å². The molecule has 140 valence electrons. The molecule has 0 N–H and O–H groups in total. The van der Waals surface area contributed by atoms with E-state index in [4.69, 9.17) is 0 Å². The number of anilines is 1. The lowest BCUT2D eigenvalue weighted by molar-refractivity contribution is -0.136. The number of halogens is 1. The van der Waals surface area contributed by atoms with E-state index in [0.29, 0.717) is 6.42 Å². The Kier molecular flexibility index (Phi) is 5.86. The summed E-state index contributed by atoms with van der Waals surface area (Å²) >= 11 is 1.57. The van der Waals surface area contributed by atoms with E-state index in [9.17, 15) is 9.18 Å². The lowest BCUT2D eigenvalue weighted by Gasteiger charge is -2.33. The van der Waals surface area contributed by atoms with Gasteiger partial charge in [-0.25, -0.2) is 4.39 Å². The van der Waals surface area contributed by atoms with Crippen LogP contribution in [0.2, 0.25) is 0 Å².